The van der Waals surface area contributed by atoms with Gasteiger partial charge in [-0.3, -0.25) is 4.79 Å². The number of rotatable bonds is 2. The molecule has 17 heavy (non-hydrogen) atoms. The van der Waals surface area contributed by atoms with Crippen molar-refractivity contribution in [3.8, 4) is 5.75 Å². The van der Waals surface area contributed by atoms with Gasteiger partial charge in [0.05, 0.1) is 18.5 Å². The van der Waals surface area contributed by atoms with E-state index in [9.17, 15) is 9.18 Å². The molecule has 0 aliphatic carbocycles. The van der Waals surface area contributed by atoms with Crippen molar-refractivity contribution in [1.29, 1.82) is 0 Å². The fraction of sp³-hybridized carbons (Fsp3) is 0.417. The Morgan fingerprint density at radius 1 is 1.35 bits per heavy atom. The molecule has 0 radical (unpaired) electrons. The largest absolute Gasteiger partial charge is 0.494 e. The summed E-state index contributed by atoms with van der Waals surface area (Å²) in [6.45, 7) is 3.89. The Morgan fingerprint density at radius 2 is 2.06 bits per heavy atom. The first-order valence-electron chi connectivity index (χ1n) is 5.48. The van der Waals surface area contributed by atoms with Gasteiger partial charge in [-0.2, -0.15) is 0 Å². The lowest BCUT2D eigenvalue weighted by Gasteiger charge is -2.29. The normalized spacial score (nSPS) is 18.4. The summed E-state index contributed by atoms with van der Waals surface area (Å²) >= 11 is 0. The summed E-state index contributed by atoms with van der Waals surface area (Å²) < 4.78 is 18.4. The number of amides is 1. The van der Waals surface area contributed by atoms with E-state index in [2.05, 4.69) is 10.6 Å². The van der Waals surface area contributed by atoms with E-state index in [1.807, 2.05) is 13.8 Å². The first kappa shape index (κ1) is 11.7. The Kier molecular flexibility index (Phi) is 2.92. The highest BCUT2D eigenvalue weighted by molar-refractivity contribution is 6.03. The maximum atomic E-state index is 13.5. The highest BCUT2D eigenvalue weighted by Gasteiger charge is 2.28. The van der Waals surface area contributed by atoms with Crippen molar-refractivity contribution >= 4 is 17.3 Å². The maximum absolute atomic E-state index is 13.5. The molecule has 1 amide bonds. The number of ether oxygens (including phenoxy) is 1. The lowest BCUT2D eigenvalue weighted by Crippen LogP contribution is -2.42. The van der Waals surface area contributed by atoms with Crippen molar-refractivity contribution in [3.05, 3.63) is 17.9 Å². The Balaban J connectivity index is 2.39. The van der Waals surface area contributed by atoms with E-state index in [0.29, 0.717) is 11.4 Å². The Bertz CT molecular complexity index is 460. The molecule has 0 aromatic heterocycles. The molecule has 1 aromatic carbocycles. The van der Waals surface area contributed by atoms with Crippen LogP contribution in [0.2, 0.25) is 0 Å². The quantitative estimate of drug-likeness (QED) is 0.830. The predicted molar refractivity (Wildman–Crippen MR) is 63.8 cm³/mol. The van der Waals surface area contributed by atoms with E-state index in [4.69, 9.17) is 4.74 Å². The summed E-state index contributed by atoms with van der Waals surface area (Å²) in [4.78, 5) is 11.7. The molecule has 1 heterocycles. The first-order chi connectivity index (χ1) is 8.02. The number of halogens is 1. The van der Waals surface area contributed by atoms with Crippen molar-refractivity contribution in [2.24, 2.45) is 5.92 Å². The van der Waals surface area contributed by atoms with E-state index in [1.165, 1.54) is 13.2 Å². The van der Waals surface area contributed by atoms with E-state index in [0.717, 1.165) is 0 Å². The molecule has 1 aliphatic rings. The van der Waals surface area contributed by atoms with Gasteiger partial charge in [-0.1, -0.05) is 13.8 Å². The molecule has 1 atom stereocenters. The molecule has 0 saturated heterocycles. The number of hydrogen-bond acceptors (Lipinski definition) is 3. The van der Waals surface area contributed by atoms with Gasteiger partial charge < -0.3 is 15.4 Å². The number of nitrogens with one attached hydrogen (secondary N) is 2. The fourth-order valence-electron chi connectivity index (χ4n) is 1.85. The van der Waals surface area contributed by atoms with E-state index >= 15 is 0 Å². The van der Waals surface area contributed by atoms with Crippen LogP contribution in [-0.4, -0.2) is 19.1 Å². The Morgan fingerprint density at radius 3 is 2.65 bits per heavy atom. The van der Waals surface area contributed by atoms with E-state index < -0.39 is 5.82 Å². The van der Waals surface area contributed by atoms with Gasteiger partial charge >= 0.3 is 0 Å². The third-order valence-electron chi connectivity index (χ3n) is 2.81. The Hall–Kier alpha value is -1.78. The summed E-state index contributed by atoms with van der Waals surface area (Å²) in [6, 6.07) is 2.51. The van der Waals surface area contributed by atoms with E-state index in [1.54, 1.807) is 6.07 Å². The van der Waals surface area contributed by atoms with E-state index in [-0.39, 0.29) is 23.6 Å². The van der Waals surface area contributed by atoms with Crippen molar-refractivity contribution in [2.45, 2.75) is 19.9 Å². The van der Waals surface area contributed by atoms with Crippen molar-refractivity contribution in [2.75, 3.05) is 17.7 Å². The molecule has 1 unspecified atom stereocenters. The molecule has 5 heteroatoms. The standard InChI is InChI=1S/C12H15FN2O2/c1-6(2)11-12(16)15-8-4-7(13)10(17-3)5-9(8)14-11/h4-6,11,14H,1-3H3,(H,15,16). The molecule has 1 aromatic rings. The molecular weight excluding hydrogens is 223 g/mol. The van der Waals surface area contributed by atoms with Crippen LogP contribution >= 0.6 is 0 Å². The zero-order valence-corrected chi connectivity index (χ0v) is 10.0. The van der Waals surface area contributed by atoms with Crippen LogP contribution in [0.1, 0.15) is 13.8 Å². The zero-order valence-electron chi connectivity index (χ0n) is 10.0. The van der Waals surface area contributed by atoms with Gasteiger partial charge in [0, 0.05) is 12.1 Å². The average Bonchev–Trinajstić information content (AvgIpc) is 2.27. The summed E-state index contributed by atoms with van der Waals surface area (Å²) in [6.07, 6.45) is 0. The molecule has 2 rings (SSSR count). The van der Waals surface area contributed by atoms with Crippen LogP contribution in [0.3, 0.4) is 0 Å². The SMILES string of the molecule is COc1cc2c(cc1F)NC(=O)C(C(C)C)N2. The lowest BCUT2D eigenvalue weighted by atomic mass is 10.0. The van der Waals surface area contributed by atoms with Gasteiger partial charge in [0.25, 0.3) is 0 Å². The lowest BCUT2D eigenvalue weighted by molar-refractivity contribution is -0.117. The third kappa shape index (κ3) is 2.05. The molecule has 92 valence electrons. The number of hydrogen-bond donors (Lipinski definition) is 2. The van der Waals surface area contributed by atoms with Gasteiger partial charge in [0.2, 0.25) is 5.91 Å². The molecule has 0 spiro atoms. The van der Waals surface area contributed by atoms with Crippen LogP contribution in [0.4, 0.5) is 15.8 Å². The van der Waals surface area contributed by atoms with Crippen molar-refractivity contribution in [1.82, 2.24) is 0 Å². The van der Waals surface area contributed by atoms with Crippen LogP contribution in [0.5, 0.6) is 5.75 Å². The molecule has 0 fully saturated rings. The molecule has 0 bridgehead atoms. The third-order valence-corrected chi connectivity index (χ3v) is 2.81. The van der Waals surface area contributed by atoms with Gasteiger partial charge in [0.15, 0.2) is 11.6 Å². The molecule has 2 N–H and O–H groups in total. The summed E-state index contributed by atoms with van der Waals surface area (Å²) in [7, 11) is 1.41. The number of fused-ring (bicyclic) bond motifs is 1. The van der Waals surface area contributed by atoms with Gasteiger partial charge in [-0.25, -0.2) is 4.39 Å². The van der Waals surface area contributed by atoms with Crippen molar-refractivity contribution in [3.63, 3.8) is 0 Å². The number of carbonyl (C=O) groups is 1. The highest BCUT2D eigenvalue weighted by Crippen LogP contribution is 2.34. The number of carbonyl (C=O) groups excluding carboxylic acids is 1. The minimum atomic E-state index is -0.489. The highest BCUT2D eigenvalue weighted by atomic mass is 19.1. The Labute approximate surface area is 99.2 Å². The first-order valence-corrected chi connectivity index (χ1v) is 5.48. The fourth-order valence-corrected chi connectivity index (χ4v) is 1.85. The van der Waals surface area contributed by atoms with Crippen LogP contribution in [0.15, 0.2) is 12.1 Å². The monoisotopic (exact) mass is 238 g/mol. The second-order valence-corrected chi connectivity index (χ2v) is 4.39. The van der Waals surface area contributed by atoms with Gasteiger partial charge in [-0.15, -0.1) is 0 Å². The molecule has 0 saturated carbocycles. The zero-order chi connectivity index (χ0) is 12.6. The molecule has 1 aliphatic heterocycles. The summed E-state index contributed by atoms with van der Waals surface area (Å²) in [5, 5.41) is 5.78. The average molecular weight is 238 g/mol. The van der Waals surface area contributed by atoms with Crippen molar-refractivity contribution < 1.29 is 13.9 Å². The minimum Gasteiger partial charge on any atom is -0.494 e. The summed E-state index contributed by atoms with van der Waals surface area (Å²) in [5.74, 6) is -0.317. The minimum absolute atomic E-state index is 0.142. The second-order valence-electron chi connectivity index (χ2n) is 4.39. The number of anilines is 2. The topological polar surface area (TPSA) is 50.4 Å². The second kappa shape index (κ2) is 4.24. The predicted octanol–water partition coefficient (Wildman–Crippen LogP) is 2.22. The smallest absolute Gasteiger partial charge is 0.247 e. The van der Waals surface area contributed by atoms with Crippen LogP contribution in [0.25, 0.3) is 0 Å². The summed E-state index contributed by atoms with van der Waals surface area (Å²) in [5.41, 5.74) is 1.13. The maximum Gasteiger partial charge on any atom is 0.247 e. The van der Waals surface area contributed by atoms with Crippen LogP contribution in [-0.2, 0) is 4.79 Å². The molecular formula is C12H15FN2O2. The number of methoxy groups -OCH3 is 1. The number of benzene rings is 1. The van der Waals surface area contributed by atoms with Crippen LogP contribution in [0, 0.1) is 11.7 Å². The molecule has 4 nitrogen and oxygen atoms in total. The van der Waals surface area contributed by atoms with Gasteiger partial charge in [-0.05, 0) is 5.92 Å². The van der Waals surface area contributed by atoms with Gasteiger partial charge in [0.1, 0.15) is 6.04 Å². The van der Waals surface area contributed by atoms with Crippen LogP contribution < -0.4 is 15.4 Å².